The molecule has 0 spiro atoms. The van der Waals surface area contributed by atoms with Crippen LogP contribution in [0.2, 0.25) is 0 Å². The summed E-state index contributed by atoms with van der Waals surface area (Å²) in [6.07, 6.45) is 0. The van der Waals surface area contributed by atoms with Crippen LogP contribution >= 0.6 is 0 Å². The standard InChI is InChI=1S/C26H29N3O3/c1-18(2)17-32-24-9-5-8-23(15-24)28-25(30)16-27-21-10-12-22(13-11-21)29-26(31)20-7-4-6-19(3)14-20/h4-15,18,27H,16-17H2,1-3H3,(H,28,30)(H,29,31). The van der Waals surface area contributed by atoms with Crippen LogP contribution in [-0.4, -0.2) is 25.0 Å². The van der Waals surface area contributed by atoms with Gasteiger partial charge in [0.2, 0.25) is 5.91 Å². The van der Waals surface area contributed by atoms with Gasteiger partial charge >= 0.3 is 0 Å². The Balaban J connectivity index is 1.48. The number of amides is 2. The SMILES string of the molecule is Cc1cccc(C(=O)Nc2ccc(NCC(=O)Nc3cccc(OCC(C)C)c3)cc2)c1. The van der Waals surface area contributed by atoms with Crippen LogP contribution in [0, 0.1) is 12.8 Å². The highest BCUT2D eigenvalue weighted by Gasteiger charge is 2.07. The van der Waals surface area contributed by atoms with Crippen LogP contribution in [0.15, 0.2) is 72.8 Å². The van der Waals surface area contributed by atoms with Crippen molar-refractivity contribution in [2.45, 2.75) is 20.8 Å². The lowest BCUT2D eigenvalue weighted by Gasteiger charge is -2.12. The zero-order valence-electron chi connectivity index (χ0n) is 18.6. The fourth-order valence-corrected chi connectivity index (χ4v) is 2.98. The highest BCUT2D eigenvalue weighted by atomic mass is 16.5. The molecule has 0 radical (unpaired) electrons. The molecule has 6 nitrogen and oxygen atoms in total. The summed E-state index contributed by atoms with van der Waals surface area (Å²) in [6, 6.07) is 22.0. The van der Waals surface area contributed by atoms with Crippen molar-refractivity contribution in [2.24, 2.45) is 5.92 Å². The predicted octanol–water partition coefficient (Wildman–Crippen LogP) is 5.33. The maximum absolute atomic E-state index is 12.3. The van der Waals surface area contributed by atoms with Gasteiger partial charge in [-0.05, 0) is 61.4 Å². The Labute approximate surface area is 189 Å². The largest absolute Gasteiger partial charge is 0.493 e. The van der Waals surface area contributed by atoms with Gasteiger partial charge in [-0.2, -0.15) is 0 Å². The number of ether oxygens (including phenoxy) is 1. The van der Waals surface area contributed by atoms with Crippen molar-refractivity contribution in [1.82, 2.24) is 0 Å². The number of anilines is 3. The summed E-state index contributed by atoms with van der Waals surface area (Å²) >= 11 is 0. The molecule has 0 aliphatic heterocycles. The van der Waals surface area contributed by atoms with Gasteiger partial charge in [-0.15, -0.1) is 0 Å². The number of benzene rings is 3. The zero-order valence-corrected chi connectivity index (χ0v) is 18.6. The van der Waals surface area contributed by atoms with Crippen LogP contribution < -0.4 is 20.7 Å². The summed E-state index contributed by atoms with van der Waals surface area (Å²) in [5.41, 5.74) is 3.80. The smallest absolute Gasteiger partial charge is 0.255 e. The van der Waals surface area contributed by atoms with E-state index in [1.165, 1.54) is 0 Å². The third kappa shape index (κ3) is 7.16. The van der Waals surface area contributed by atoms with Crippen LogP contribution in [-0.2, 0) is 4.79 Å². The van der Waals surface area contributed by atoms with E-state index in [4.69, 9.17) is 4.74 Å². The monoisotopic (exact) mass is 431 g/mol. The lowest BCUT2D eigenvalue weighted by molar-refractivity contribution is -0.114. The molecule has 2 amide bonds. The van der Waals surface area contributed by atoms with Crippen molar-refractivity contribution in [3.8, 4) is 5.75 Å². The molecular formula is C26H29N3O3. The number of carbonyl (C=O) groups is 2. The lowest BCUT2D eigenvalue weighted by atomic mass is 10.1. The molecule has 0 fully saturated rings. The molecule has 3 aromatic carbocycles. The van der Waals surface area contributed by atoms with Crippen molar-refractivity contribution in [1.29, 1.82) is 0 Å². The van der Waals surface area contributed by atoms with Gasteiger partial charge in [0.1, 0.15) is 5.75 Å². The highest BCUT2D eigenvalue weighted by molar-refractivity contribution is 6.04. The fraction of sp³-hybridized carbons (Fsp3) is 0.231. The van der Waals surface area contributed by atoms with Crippen molar-refractivity contribution in [3.05, 3.63) is 83.9 Å². The summed E-state index contributed by atoms with van der Waals surface area (Å²) in [5, 5.41) is 8.82. The second-order valence-corrected chi connectivity index (χ2v) is 8.04. The van der Waals surface area contributed by atoms with Crippen LogP contribution in [0.4, 0.5) is 17.1 Å². The van der Waals surface area contributed by atoms with Crippen LogP contribution in [0.3, 0.4) is 0 Å². The van der Waals surface area contributed by atoms with Gasteiger partial charge in [0, 0.05) is 28.7 Å². The summed E-state index contributed by atoms with van der Waals surface area (Å²) < 4.78 is 5.69. The summed E-state index contributed by atoms with van der Waals surface area (Å²) in [5.74, 6) is 0.837. The number of carbonyl (C=O) groups excluding carboxylic acids is 2. The maximum Gasteiger partial charge on any atom is 0.255 e. The van der Waals surface area contributed by atoms with Crippen LogP contribution in [0.5, 0.6) is 5.75 Å². The third-order valence-corrected chi connectivity index (χ3v) is 4.58. The van der Waals surface area contributed by atoms with Crippen molar-refractivity contribution in [3.63, 3.8) is 0 Å². The van der Waals surface area contributed by atoms with Gasteiger partial charge in [-0.3, -0.25) is 9.59 Å². The Morgan fingerprint density at radius 3 is 2.28 bits per heavy atom. The maximum atomic E-state index is 12.3. The van der Waals surface area contributed by atoms with E-state index in [0.29, 0.717) is 29.5 Å². The highest BCUT2D eigenvalue weighted by Crippen LogP contribution is 2.18. The zero-order chi connectivity index (χ0) is 22.9. The first kappa shape index (κ1) is 22.9. The van der Waals surface area contributed by atoms with E-state index in [0.717, 1.165) is 17.0 Å². The Kier molecular flexibility index (Phi) is 7.86. The van der Waals surface area contributed by atoms with Gasteiger partial charge in [0.05, 0.1) is 13.2 Å². The molecule has 3 N–H and O–H groups in total. The Morgan fingerprint density at radius 2 is 1.56 bits per heavy atom. The van der Waals surface area contributed by atoms with E-state index in [1.807, 2.05) is 61.5 Å². The molecule has 0 bridgehead atoms. The molecular weight excluding hydrogens is 402 g/mol. The summed E-state index contributed by atoms with van der Waals surface area (Å²) in [6.45, 7) is 6.86. The molecule has 0 unspecified atom stereocenters. The van der Waals surface area contributed by atoms with E-state index < -0.39 is 0 Å². The number of nitrogens with one attached hydrogen (secondary N) is 3. The molecule has 0 saturated carbocycles. The molecule has 6 heteroatoms. The van der Waals surface area contributed by atoms with Gasteiger partial charge in [0.25, 0.3) is 5.91 Å². The minimum atomic E-state index is -0.164. The average molecular weight is 432 g/mol. The van der Waals surface area contributed by atoms with Crippen molar-refractivity contribution in [2.75, 3.05) is 29.1 Å². The normalized spacial score (nSPS) is 10.5. The quantitative estimate of drug-likeness (QED) is 0.428. The predicted molar refractivity (Wildman–Crippen MR) is 129 cm³/mol. The Hall–Kier alpha value is -3.80. The van der Waals surface area contributed by atoms with Gasteiger partial charge in [0.15, 0.2) is 0 Å². The third-order valence-electron chi connectivity index (χ3n) is 4.58. The molecule has 32 heavy (non-hydrogen) atoms. The van der Waals surface area contributed by atoms with Gasteiger partial charge in [-0.25, -0.2) is 0 Å². The molecule has 0 aromatic heterocycles. The number of aryl methyl sites for hydroxylation is 1. The first-order chi connectivity index (χ1) is 15.4. The minimum absolute atomic E-state index is 0.117. The first-order valence-electron chi connectivity index (χ1n) is 10.6. The molecule has 166 valence electrons. The van der Waals surface area contributed by atoms with E-state index in [1.54, 1.807) is 18.2 Å². The minimum Gasteiger partial charge on any atom is -0.493 e. The van der Waals surface area contributed by atoms with Crippen molar-refractivity contribution < 1.29 is 14.3 Å². The number of hydrogen-bond donors (Lipinski definition) is 3. The Morgan fingerprint density at radius 1 is 0.844 bits per heavy atom. The first-order valence-corrected chi connectivity index (χ1v) is 10.6. The van der Waals surface area contributed by atoms with E-state index in [9.17, 15) is 9.59 Å². The van der Waals surface area contributed by atoms with E-state index in [-0.39, 0.29) is 18.4 Å². The summed E-state index contributed by atoms with van der Waals surface area (Å²) in [4.78, 5) is 24.6. The molecule has 0 saturated heterocycles. The number of rotatable bonds is 9. The van der Waals surface area contributed by atoms with Crippen molar-refractivity contribution >= 4 is 28.9 Å². The number of hydrogen-bond acceptors (Lipinski definition) is 4. The summed E-state index contributed by atoms with van der Waals surface area (Å²) in [7, 11) is 0. The Bertz CT molecular complexity index is 1060. The second-order valence-electron chi connectivity index (χ2n) is 8.04. The van der Waals surface area contributed by atoms with Crippen LogP contribution in [0.1, 0.15) is 29.8 Å². The molecule has 0 atom stereocenters. The van der Waals surface area contributed by atoms with Gasteiger partial charge < -0.3 is 20.7 Å². The van der Waals surface area contributed by atoms with Gasteiger partial charge in [-0.1, -0.05) is 37.6 Å². The van der Waals surface area contributed by atoms with Crippen LogP contribution in [0.25, 0.3) is 0 Å². The average Bonchev–Trinajstić information content (AvgIpc) is 2.77. The molecule has 0 aliphatic carbocycles. The fourth-order valence-electron chi connectivity index (χ4n) is 2.98. The lowest BCUT2D eigenvalue weighted by Crippen LogP contribution is -2.21. The molecule has 0 heterocycles. The second kappa shape index (κ2) is 11.0. The topological polar surface area (TPSA) is 79.5 Å². The van der Waals surface area contributed by atoms with E-state index >= 15 is 0 Å². The molecule has 3 aromatic rings. The molecule has 3 rings (SSSR count). The van der Waals surface area contributed by atoms with E-state index in [2.05, 4.69) is 29.8 Å². The molecule has 0 aliphatic rings.